The van der Waals surface area contributed by atoms with Gasteiger partial charge in [-0.1, -0.05) is 30.3 Å². The summed E-state index contributed by atoms with van der Waals surface area (Å²) >= 11 is 0.945. The number of aliphatic carboxylic acids is 1. The van der Waals surface area contributed by atoms with Gasteiger partial charge in [0.05, 0.1) is 10.3 Å². The van der Waals surface area contributed by atoms with Crippen LogP contribution in [0.3, 0.4) is 0 Å². The molecule has 18 nitrogen and oxygen atoms in total. The highest BCUT2D eigenvalue weighted by Crippen LogP contribution is 2.51. The maximum absolute atomic E-state index is 14.3. The number of nitrogens with zero attached hydrogens (tertiary/aromatic N) is 3. The van der Waals surface area contributed by atoms with Crippen LogP contribution < -0.4 is 20.1 Å². The summed E-state index contributed by atoms with van der Waals surface area (Å²) in [5.74, 6) is -8.02. The van der Waals surface area contributed by atoms with E-state index in [9.17, 15) is 48.3 Å². The quantitative estimate of drug-likeness (QED) is 0.0776. The number of esters is 3. The maximum Gasteiger partial charge on any atom is 0.338 e. The van der Waals surface area contributed by atoms with Gasteiger partial charge in [0.2, 0.25) is 18.0 Å². The second-order valence-corrected chi connectivity index (χ2v) is 14.0. The first-order chi connectivity index (χ1) is 25.1. The van der Waals surface area contributed by atoms with E-state index in [0.29, 0.717) is 0 Å². The molecule has 2 aromatic carbocycles. The Morgan fingerprint density at radius 1 is 0.981 bits per heavy atom. The number of likely N-dealkylation sites (N-methyl/N-ethyl adjacent to an activating group) is 1. The fraction of sp³-hybridized carbons (Fsp3) is 0.382. The molecule has 1 unspecified atom stereocenters. The van der Waals surface area contributed by atoms with Gasteiger partial charge in [0, 0.05) is 39.0 Å². The highest BCUT2D eigenvalue weighted by atomic mass is 32.2. The number of nitrogens with one attached hydrogen (secondary N) is 2. The summed E-state index contributed by atoms with van der Waals surface area (Å²) in [6, 6.07) is 8.34. The number of fused-ring (bicyclic) bond motifs is 1. The lowest BCUT2D eigenvalue weighted by Crippen LogP contribution is -2.75. The van der Waals surface area contributed by atoms with Crippen LogP contribution in [0.2, 0.25) is 0 Å². The number of carbonyl (C=O) groups is 9. The average Bonchev–Trinajstić information content (AvgIpc) is 3.40. The predicted molar refractivity (Wildman–Crippen MR) is 181 cm³/mol. The Morgan fingerprint density at radius 3 is 2.25 bits per heavy atom. The van der Waals surface area contributed by atoms with Crippen LogP contribution in [0.15, 0.2) is 48.5 Å². The Hall–Kier alpha value is -5.98. The summed E-state index contributed by atoms with van der Waals surface area (Å²) < 4.78 is 14.1. The largest absolute Gasteiger partial charge is 0.480 e. The Bertz CT molecular complexity index is 1890. The minimum absolute atomic E-state index is 0.0524. The van der Waals surface area contributed by atoms with Gasteiger partial charge in [0.15, 0.2) is 11.5 Å². The molecule has 3 N–H and O–H groups in total. The van der Waals surface area contributed by atoms with Gasteiger partial charge in [-0.05, 0) is 32.0 Å². The van der Waals surface area contributed by atoms with Crippen molar-refractivity contribution >= 4 is 65.7 Å². The highest BCUT2D eigenvalue weighted by Gasteiger charge is 2.67. The average molecular weight is 754 g/mol. The van der Waals surface area contributed by atoms with Crippen molar-refractivity contribution in [2.45, 2.75) is 55.6 Å². The van der Waals surface area contributed by atoms with E-state index >= 15 is 0 Å². The normalized spacial score (nSPS) is 23.2. The SMILES string of the molecule is CCN1CCN([C@@](NC=O)(C(=O)N[C@@H]2C(=O)N3C(C(=O)O)[C@](C)(COC(=O)c4ccc(OC(C)=O)c(OC(C)=O)c4)S[C@@H]23)c2ccccc2)C(=O)C1=O. The topological polar surface area (TPSA) is 235 Å². The van der Waals surface area contributed by atoms with E-state index in [0.717, 1.165) is 41.5 Å². The molecular formula is C34H35N5O13S. The van der Waals surface area contributed by atoms with Gasteiger partial charge in [0.1, 0.15) is 24.1 Å². The number of hydrogen-bond donors (Lipinski definition) is 3. The molecule has 0 aliphatic carbocycles. The smallest absolute Gasteiger partial charge is 0.338 e. The predicted octanol–water partition coefficient (Wildman–Crippen LogP) is -0.404. The van der Waals surface area contributed by atoms with Crippen LogP contribution in [0.5, 0.6) is 11.5 Å². The van der Waals surface area contributed by atoms with Gasteiger partial charge in [0.25, 0.3) is 5.91 Å². The third-order valence-corrected chi connectivity index (χ3v) is 10.5. The molecule has 5 atom stereocenters. The van der Waals surface area contributed by atoms with Crippen molar-refractivity contribution in [2.24, 2.45) is 0 Å². The van der Waals surface area contributed by atoms with Gasteiger partial charge in [-0.15, -0.1) is 11.8 Å². The van der Waals surface area contributed by atoms with E-state index in [1.807, 2.05) is 0 Å². The minimum Gasteiger partial charge on any atom is -0.480 e. The number of piperazine rings is 1. The number of benzene rings is 2. The van der Waals surface area contributed by atoms with Crippen LogP contribution >= 0.6 is 11.8 Å². The Morgan fingerprint density at radius 2 is 1.64 bits per heavy atom. The molecule has 53 heavy (non-hydrogen) atoms. The number of carboxylic acid groups (broad SMARTS) is 1. The summed E-state index contributed by atoms with van der Waals surface area (Å²) in [5.41, 5.74) is -2.30. The van der Waals surface area contributed by atoms with Gasteiger partial charge >= 0.3 is 35.7 Å². The van der Waals surface area contributed by atoms with Crippen LogP contribution in [0.25, 0.3) is 0 Å². The van der Waals surface area contributed by atoms with Crippen molar-refractivity contribution in [3.63, 3.8) is 0 Å². The number of rotatable bonds is 13. The van der Waals surface area contributed by atoms with E-state index in [1.54, 1.807) is 25.1 Å². The molecule has 5 amide bonds. The summed E-state index contributed by atoms with van der Waals surface area (Å²) in [6.07, 6.45) is 0.195. The number of amides is 5. The molecule has 2 aromatic rings. The zero-order valence-electron chi connectivity index (χ0n) is 28.9. The number of ether oxygens (including phenoxy) is 3. The summed E-state index contributed by atoms with van der Waals surface area (Å²) in [7, 11) is 0. The molecule has 0 aromatic heterocycles. The zero-order valence-corrected chi connectivity index (χ0v) is 29.7. The first kappa shape index (κ1) is 38.3. The molecule has 0 bridgehead atoms. The Kier molecular flexibility index (Phi) is 10.8. The van der Waals surface area contributed by atoms with Crippen molar-refractivity contribution in [3.8, 4) is 11.5 Å². The summed E-state index contributed by atoms with van der Waals surface area (Å²) in [6.45, 7) is 4.96. The lowest BCUT2D eigenvalue weighted by Gasteiger charge is -2.48. The first-order valence-corrected chi connectivity index (χ1v) is 17.1. The molecule has 0 radical (unpaired) electrons. The van der Waals surface area contributed by atoms with Crippen LogP contribution in [-0.4, -0.2) is 122 Å². The lowest BCUT2D eigenvalue weighted by molar-refractivity contribution is -0.169. The van der Waals surface area contributed by atoms with E-state index < -0.39 is 82.0 Å². The van der Waals surface area contributed by atoms with Crippen LogP contribution in [-0.2, 0) is 48.8 Å². The molecule has 280 valence electrons. The van der Waals surface area contributed by atoms with Crippen LogP contribution in [0.1, 0.15) is 43.6 Å². The second kappa shape index (κ2) is 14.9. The van der Waals surface area contributed by atoms with Crippen molar-refractivity contribution in [3.05, 3.63) is 59.7 Å². The second-order valence-electron chi connectivity index (χ2n) is 12.4. The van der Waals surface area contributed by atoms with Crippen molar-refractivity contribution in [1.82, 2.24) is 25.3 Å². The number of carbonyl (C=O) groups excluding carboxylic acids is 8. The maximum atomic E-state index is 14.3. The van der Waals surface area contributed by atoms with Crippen LogP contribution in [0, 0.1) is 0 Å². The summed E-state index contributed by atoms with van der Waals surface area (Å²) in [4.78, 5) is 118. The number of β-lactam (4-membered cyclic amide) rings is 1. The van der Waals surface area contributed by atoms with Crippen molar-refractivity contribution in [1.29, 1.82) is 0 Å². The molecule has 5 rings (SSSR count). The van der Waals surface area contributed by atoms with Gasteiger partial charge in [-0.25, -0.2) is 9.59 Å². The third kappa shape index (κ3) is 6.98. The third-order valence-electron chi connectivity index (χ3n) is 8.91. The first-order valence-electron chi connectivity index (χ1n) is 16.2. The Labute approximate surface area is 306 Å². The van der Waals surface area contributed by atoms with Crippen molar-refractivity contribution < 1.29 is 62.5 Å². The van der Waals surface area contributed by atoms with Gasteiger partial charge in [-0.3, -0.25) is 38.5 Å². The molecule has 3 saturated heterocycles. The zero-order chi connectivity index (χ0) is 38.8. The monoisotopic (exact) mass is 753 g/mol. The van der Waals surface area contributed by atoms with E-state index in [4.69, 9.17) is 14.2 Å². The molecule has 0 spiro atoms. The van der Waals surface area contributed by atoms with Gasteiger partial charge in [-0.2, -0.15) is 0 Å². The number of carboxylic acids is 1. The molecule has 19 heteroatoms. The molecule has 3 fully saturated rings. The molecule has 3 heterocycles. The standard InChI is InChI=1S/C34H35N5O13S/c1-5-37-13-14-38(28(45)27(37)44)34(35-17-40,21-9-7-6-8-10-21)32(49)36-24-26(43)39-25(30(46)47)33(4,53-29(24)39)16-50-31(48)20-11-12-22(51-18(2)41)23(15-20)52-19(3)42/h6-12,15,17,24-25,29H,5,13-14,16H2,1-4H3,(H,35,40)(H,36,49)(H,46,47)/t24-,25?,29+,33+,34-/m1/s1. The van der Waals surface area contributed by atoms with E-state index in [-0.39, 0.29) is 48.7 Å². The van der Waals surface area contributed by atoms with E-state index in [1.165, 1.54) is 36.1 Å². The Balaban J connectivity index is 1.39. The molecule has 3 aliphatic rings. The molecule has 0 saturated carbocycles. The number of thioether (sulfide) groups is 1. The lowest BCUT2D eigenvalue weighted by atomic mass is 9.92. The van der Waals surface area contributed by atoms with Crippen molar-refractivity contribution in [2.75, 3.05) is 26.2 Å². The fourth-order valence-corrected chi connectivity index (χ4v) is 8.17. The minimum atomic E-state index is -2.28. The number of hydrogen-bond acceptors (Lipinski definition) is 13. The molecule has 3 aliphatic heterocycles. The summed E-state index contributed by atoms with van der Waals surface area (Å²) in [5, 5.41) is 14.2. The van der Waals surface area contributed by atoms with Gasteiger partial charge < -0.3 is 39.8 Å². The molecular weight excluding hydrogens is 718 g/mol. The highest BCUT2D eigenvalue weighted by molar-refractivity contribution is 8.01. The van der Waals surface area contributed by atoms with Crippen LogP contribution in [0.4, 0.5) is 0 Å². The fourth-order valence-electron chi connectivity index (χ4n) is 6.49. The van der Waals surface area contributed by atoms with E-state index in [2.05, 4.69) is 10.6 Å².